The summed E-state index contributed by atoms with van der Waals surface area (Å²) in [6, 6.07) is -1.44. The second-order valence-electron chi connectivity index (χ2n) is 5.16. The maximum absolute atomic E-state index is 12.5. The Labute approximate surface area is 114 Å². The van der Waals surface area contributed by atoms with Crippen LogP contribution in [-0.2, 0) is 9.59 Å². The van der Waals surface area contributed by atoms with E-state index in [4.69, 9.17) is 5.11 Å². The molecular weight excluding hydrogens is 279 g/mol. The van der Waals surface area contributed by atoms with Gasteiger partial charge in [-0.2, -0.15) is 13.2 Å². The second-order valence-corrected chi connectivity index (χ2v) is 5.16. The largest absolute Gasteiger partial charge is 0.480 e. The first-order valence-electron chi connectivity index (χ1n) is 6.41. The van der Waals surface area contributed by atoms with E-state index in [9.17, 15) is 27.9 Å². The first-order valence-corrected chi connectivity index (χ1v) is 6.41. The van der Waals surface area contributed by atoms with Crippen molar-refractivity contribution in [2.24, 2.45) is 11.8 Å². The number of hydrogen-bond acceptors (Lipinski definition) is 3. The highest BCUT2D eigenvalue weighted by molar-refractivity contribution is 5.85. The molecule has 0 spiro atoms. The molecule has 8 heteroatoms. The highest BCUT2D eigenvalue weighted by Crippen LogP contribution is 2.39. The topological polar surface area (TPSA) is 86.6 Å². The highest BCUT2D eigenvalue weighted by atomic mass is 19.4. The number of alkyl halides is 3. The van der Waals surface area contributed by atoms with Crippen LogP contribution in [0, 0.1) is 11.8 Å². The van der Waals surface area contributed by atoms with Crippen LogP contribution in [0.15, 0.2) is 0 Å². The zero-order valence-electron chi connectivity index (χ0n) is 11.0. The smallest absolute Gasteiger partial charge is 0.391 e. The van der Waals surface area contributed by atoms with Crippen LogP contribution in [0.2, 0.25) is 0 Å². The Morgan fingerprint density at radius 2 is 1.70 bits per heavy atom. The molecule has 0 heterocycles. The van der Waals surface area contributed by atoms with E-state index in [1.54, 1.807) is 0 Å². The van der Waals surface area contributed by atoms with Gasteiger partial charge in [0.25, 0.3) is 0 Å². The number of hydrogen-bond donors (Lipinski definition) is 3. The number of carbonyl (C=O) groups excluding carboxylic acids is 1. The Morgan fingerprint density at radius 3 is 2.05 bits per heavy atom. The van der Waals surface area contributed by atoms with E-state index in [1.807, 2.05) is 0 Å². The number of halogens is 3. The lowest BCUT2D eigenvalue weighted by molar-refractivity contribution is -0.184. The summed E-state index contributed by atoms with van der Waals surface area (Å²) in [5, 5.41) is 20.2. The molecule has 0 saturated heterocycles. The number of aliphatic hydroxyl groups excluding tert-OH is 1. The molecular formula is C12H18F3NO4. The molecule has 3 N–H and O–H groups in total. The predicted octanol–water partition coefficient (Wildman–Crippen LogP) is 1.31. The molecule has 1 rings (SSSR count). The molecule has 0 bridgehead atoms. The molecule has 116 valence electrons. The molecule has 0 aromatic carbocycles. The maximum Gasteiger partial charge on any atom is 0.391 e. The lowest BCUT2D eigenvalue weighted by Crippen LogP contribution is -2.50. The Balaban J connectivity index is 2.53. The number of rotatable bonds is 4. The number of nitrogens with one attached hydrogen (secondary N) is 1. The normalized spacial score (nSPS) is 26.6. The van der Waals surface area contributed by atoms with Gasteiger partial charge in [-0.1, -0.05) is 0 Å². The summed E-state index contributed by atoms with van der Waals surface area (Å²) in [5.74, 6) is -4.01. The summed E-state index contributed by atoms with van der Waals surface area (Å²) in [7, 11) is 0. The number of amides is 1. The van der Waals surface area contributed by atoms with Gasteiger partial charge in [-0.15, -0.1) is 0 Å². The van der Waals surface area contributed by atoms with E-state index in [0.29, 0.717) is 0 Å². The van der Waals surface area contributed by atoms with E-state index < -0.39 is 42.0 Å². The molecule has 1 fully saturated rings. The monoisotopic (exact) mass is 297 g/mol. The van der Waals surface area contributed by atoms with Crippen molar-refractivity contribution in [2.75, 3.05) is 0 Å². The molecule has 0 aromatic rings. The number of aliphatic hydroxyl groups is 1. The van der Waals surface area contributed by atoms with Crippen molar-refractivity contribution >= 4 is 11.9 Å². The van der Waals surface area contributed by atoms with Gasteiger partial charge in [-0.25, -0.2) is 4.79 Å². The molecule has 1 aliphatic carbocycles. The van der Waals surface area contributed by atoms with Crippen LogP contribution in [0.3, 0.4) is 0 Å². The lowest BCUT2D eigenvalue weighted by Gasteiger charge is -2.30. The summed E-state index contributed by atoms with van der Waals surface area (Å²) < 4.78 is 37.4. The van der Waals surface area contributed by atoms with Crippen molar-refractivity contribution < 1.29 is 33.0 Å². The van der Waals surface area contributed by atoms with Crippen molar-refractivity contribution in [1.29, 1.82) is 0 Å². The van der Waals surface area contributed by atoms with Crippen molar-refractivity contribution in [1.82, 2.24) is 5.32 Å². The van der Waals surface area contributed by atoms with Gasteiger partial charge >= 0.3 is 12.1 Å². The zero-order valence-corrected chi connectivity index (χ0v) is 11.0. The first kappa shape index (κ1) is 16.7. The zero-order chi connectivity index (χ0) is 15.5. The summed E-state index contributed by atoms with van der Waals surface area (Å²) in [6.45, 7) is 1.22. The van der Waals surface area contributed by atoms with Gasteiger partial charge in [-0.3, -0.25) is 4.79 Å². The molecule has 2 unspecified atom stereocenters. The second kappa shape index (κ2) is 6.43. The fraction of sp³-hybridized carbons (Fsp3) is 0.833. The van der Waals surface area contributed by atoms with E-state index in [0.717, 1.165) is 0 Å². The van der Waals surface area contributed by atoms with Crippen LogP contribution < -0.4 is 5.32 Å². The molecule has 1 amide bonds. The van der Waals surface area contributed by atoms with Crippen LogP contribution in [0.5, 0.6) is 0 Å². The summed E-state index contributed by atoms with van der Waals surface area (Å²) in [6.07, 6.45) is -5.64. The fourth-order valence-electron chi connectivity index (χ4n) is 2.34. The third kappa shape index (κ3) is 4.36. The Morgan fingerprint density at radius 1 is 1.20 bits per heavy atom. The van der Waals surface area contributed by atoms with Gasteiger partial charge in [0.15, 0.2) is 6.04 Å². The van der Waals surface area contributed by atoms with Crippen molar-refractivity contribution in [3.8, 4) is 0 Å². The molecule has 20 heavy (non-hydrogen) atoms. The fourth-order valence-corrected chi connectivity index (χ4v) is 2.34. The molecule has 2 atom stereocenters. The van der Waals surface area contributed by atoms with E-state index in [-0.39, 0.29) is 25.7 Å². The highest BCUT2D eigenvalue weighted by Gasteiger charge is 2.42. The average Bonchev–Trinajstić information content (AvgIpc) is 2.34. The Hall–Kier alpha value is -1.31. The number of carboxylic acids is 1. The summed E-state index contributed by atoms with van der Waals surface area (Å²) >= 11 is 0. The Bertz CT molecular complexity index is 362. The lowest BCUT2D eigenvalue weighted by atomic mass is 9.81. The molecule has 0 aliphatic heterocycles. The predicted molar refractivity (Wildman–Crippen MR) is 62.8 cm³/mol. The minimum absolute atomic E-state index is 0.0716. The third-order valence-electron chi connectivity index (χ3n) is 3.61. The quantitative estimate of drug-likeness (QED) is 0.730. The number of carbonyl (C=O) groups is 2. The van der Waals surface area contributed by atoms with Crippen LogP contribution in [0.1, 0.15) is 32.6 Å². The van der Waals surface area contributed by atoms with Gasteiger partial charge in [0.1, 0.15) is 0 Å². The van der Waals surface area contributed by atoms with Crippen LogP contribution in [0.4, 0.5) is 13.2 Å². The van der Waals surface area contributed by atoms with Crippen LogP contribution in [0.25, 0.3) is 0 Å². The average molecular weight is 297 g/mol. The van der Waals surface area contributed by atoms with Gasteiger partial charge < -0.3 is 15.5 Å². The SMILES string of the molecule is CC(O)C(NC(=O)C1CCC(C(F)(F)F)CC1)C(=O)O. The number of aliphatic carboxylic acids is 1. The molecule has 0 aromatic heterocycles. The van der Waals surface area contributed by atoms with E-state index in [2.05, 4.69) is 5.32 Å². The van der Waals surface area contributed by atoms with Crippen LogP contribution in [-0.4, -0.2) is 40.4 Å². The minimum Gasteiger partial charge on any atom is -0.480 e. The third-order valence-corrected chi connectivity index (χ3v) is 3.61. The maximum atomic E-state index is 12.5. The molecule has 5 nitrogen and oxygen atoms in total. The van der Waals surface area contributed by atoms with Crippen molar-refractivity contribution in [2.45, 2.75) is 50.9 Å². The van der Waals surface area contributed by atoms with Crippen molar-refractivity contribution in [3.63, 3.8) is 0 Å². The van der Waals surface area contributed by atoms with Gasteiger partial charge in [0.2, 0.25) is 5.91 Å². The number of carboxylic acid groups (broad SMARTS) is 1. The molecule has 1 aliphatic rings. The summed E-state index contributed by atoms with van der Waals surface area (Å²) in [5.41, 5.74) is 0. The summed E-state index contributed by atoms with van der Waals surface area (Å²) in [4.78, 5) is 22.6. The molecule has 1 saturated carbocycles. The minimum atomic E-state index is -4.25. The standard InChI is InChI=1S/C12H18F3NO4/c1-6(17)9(11(19)20)16-10(18)7-2-4-8(5-3-7)12(13,14)15/h6-9,17H,2-5H2,1H3,(H,16,18)(H,19,20). The van der Waals surface area contributed by atoms with Gasteiger partial charge in [0, 0.05) is 5.92 Å². The Kier molecular flexibility index (Phi) is 5.38. The molecule has 0 radical (unpaired) electrons. The first-order chi connectivity index (χ1) is 9.12. The van der Waals surface area contributed by atoms with Gasteiger partial charge in [0.05, 0.1) is 12.0 Å². The van der Waals surface area contributed by atoms with E-state index in [1.165, 1.54) is 6.92 Å². The van der Waals surface area contributed by atoms with Crippen molar-refractivity contribution in [3.05, 3.63) is 0 Å². The van der Waals surface area contributed by atoms with Gasteiger partial charge in [-0.05, 0) is 32.6 Å². The van der Waals surface area contributed by atoms with E-state index >= 15 is 0 Å². The van der Waals surface area contributed by atoms with Crippen LogP contribution >= 0.6 is 0 Å².